The monoisotopic (exact) mass is 274 g/mol. The van der Waals surface area contributed by atoms with E-state index in [4.69, 9.17) is 0 Å². The minimum absolute atomic E-state index is 0.0193. The molecule has 110 valence electrons. The largest absolute Gasteiger partial charge is 0.326 e. The molecular formula is C17H26N2O. The molecule has 0 bridgehead atoms. The summed E-state index contributed by atoms with van der Waals surface area (Å²) in [6.45, 7) is 7.33. The van der Waals surface area contributed by atoms with Crippen molar-refractivity contribution in [1.82, 2.24) is 10.2 Å². The van der Waals surface area contributed by atoms with Gasteiger partial charge >= 0.3 is 0 Å². The van der Waals surface area contributed by atoms with Crippen LogP contribution in [0.15, 0.2) is 30.3 Å². The molecule has 20 heavy (non-hydrogen) atoms. The third kappa shape index (κ3) is 3.40. The van der Waals surface area contributed by atoms with Crippen molar-refractivity contribution in [3.63, 3.8) is 0 Å². The van der Waals surface area contributed by atoms with Gasteiger partial charge in [0.05, 0.1) is 12.2 Å². The number of benzene rings is 1. The highest BCUT2D eigenvalue weighted by Gasteiger charge is 2.39. The number of carbonyl (C=O) groups excluding carboxylic acids is 1. The summed E-state index contributed by atoms with van der Waals surface area (Å²) in [5.74, 6) is 0.730. The minimum Gasteiger partial charge on any atom is -0.326 e. The molecule has 2 rings (SSSR count). The van der Waals surface area contributed by atoms with Crippen LogP contribution >= 0.6 is 0 Å². The molecule has 1 saturated heterocycles. The number of nitrogens with one attached hydrogen (secondary N) is 1. The highest BCUT2D eigenvalue weighted by atomic mass is 16.2. The average Bonchev–Trinajstić information content (AvgIpc) is 2.76. The molecule has 1 heterocycles. The standard InChI is InChI=1S/C17H26N2O/c1-4-12-19-16(13(2)3)18-15(17(19)20)11-10-14-8-6-5-7-9-14/h5-9,13,15-16,18H,4,10-12H2,1-3H3. The van der Waals surface area contributed by atoms with Gasteiger partial charge in [-0.05, 0) is 30.7 Å². The summed E-state index contributed by atoms with van der Waals surface area (Å²) in [7, 11) is 0. The number of hydrogen-bond donors (Lipinski definition) is 1. The summed E-state index contributed by atoms with van der Waals surface area (Å²) in [5.41, 5.74) is 1.30. The summed E-state index contributed by atoms with van der Waals surface area (Å²) in [6, 6.07) is 10.4. The fourth-order valence-electron chi connectivity index (χ4n) is 2.91. The molecule has 0 aliphatic carbocycles. The second-order valence-electron chi connectivity index (χ2n) is 5.96. The highest BCUT2D eigenvalue weighted by Crippen LogP contribution is 2.20. The third-order valence-electron chi connectivity index (χ3n) is 3.95. The van der Waals surface area contributed by atoms with Crippen molar-refractivity contribution in [3.05, 3.63) is 35.9 Å². The van der Waals surface area contributed by atoms with Crippen LogP contribution in [0.25, 0.3) is 0 Å². The van der Waals surface area contributed by atoms with Crippen molar-refractivity contribution in [3.8, 4) is 0 Å². The molecule has 0 radical (unpaired) electrons. The molecular weight excluding hydrogens is 248 g/mol. The quantitative estimate of drug-likeness (QED) is 0.865. The first-order chi connectivity index (χ1) is 9.63. The van der Waals surface area contributed by atoms with E-state index in [0.717, 1.165) is 25.8 Å². The zero-order valence-electron chi connectivity index (χ0n) is 12.8. The molecule has 3 heteroatoms. The van der Waals surface area contributed by atoms with Gasteiger partial charge in [-0.25, -0.2) is 0 Å². The zero-order chi connectivity index (χ0) is 14.5. The maximum Gasteiger partial charge on any atom is 0.241 e. The first-order valence-corrected chi connectivity index (χ1v) is 7.74. The molecule has 3 nitrogen and oxygen atoms in total. The van der Waals surface area contributed by atoms with Gasteiger partial charge in [0.1, 0.15) is 0 Å². The van der Waals surface area contributed by atoms with Gasteiger partial charge in [0.2, 0.25) is 5.91 Å². The Morgan fingerprint density at radius 3 is 2.55 bits per heavy atom. The first-order valence-electron chi connectivity index (χ1n) is 7.74. The van der Waals surface area contributed by atoms with E-state index in [1.54, 1.807) is 0 Å². The van der Waals surface area contributed by atoms with Gasteiger partial charge in [-0.3, -0.25) is 10.1 Å². The second kappa shape index (κ2) is 6.89. The van der Waals surface area contributed by atoms with Crippen molar-refractivity contribution in [1.29, 1.82) is 0 Å². The lowest BCUT2D eigenvalue weighted by atomic mass is 10.1. The molecule has 1 amide bonds. The van der Waals surface area contributed by atoms with E-state index in [-0.39, 0.29) is 18.1 Å². The van der Waals surface area contributed by atoms with Crippen LogP contribution in [-0.4, -0.2) is 29.6 Å². The van der Waals surface area contributed by atoms with Crippen molar-refractivity contribution < 1.29 is 4.79 Å². The number of hydrogen-bond acceptors (Lipinski definition) is 2. The van der Waals surface area contributed by atoms with Crippen molar-refractivity contribution >= 4 is 5.91 Å². The molecule has 1 aliphatic heterocycles. The lowest BCUT2D eigenvalue weighted by Crippen LogP contribution is -2.41. The first kappa shape index (κ1) is 15.0. The van der Waals surface area contributed by atoms with E-state index in [1.807, 2.05) is 11.0 Å². The number of rotatable bonds is 6. The van der Waals surface area contributed by atoms with Crippen LogP contribution in [-0.2, 0) is 11.2 Å². The smallest absolute Gasteiger partial charge is 0.241 e. The van der Waals surface area contributed by atoms with Gasteiger partial charge in [-0.15, -0.1) is 0 Å². The van der Waals surface area contributed by atoms with Gasteiger partial charge in [0.15, 0.2) is 0 Å². The maximum absolute atomic E-state index is 12.5. The van der Waals surface area contributed by atoms with E-state index in [9.17, 15) is 4.79 Å². The summed E-state index contributed by atoms with van der Waals surface area (Å²) >= 11 is 0. The summed E-state index contributed by atoms with van der Waals surface area (Å²) < 4.78 is 0. The topological polar surface area (TPSA) is 32.3 Å². The molecule has 1 aromatic carbocycles. The van der Waals surface area contributed by atoms with E-state index in [1.165, 1.54) is 5.56 Å². The Morgan fingerprint density at radius 1 is 1.25 bits per heavy atom. The lowest BCUT2D eigenvalue weighted by molar-refractivity contribution is -0.130. The van der Waals surface area contributed by atoms with Gasteiger partial charge < -0.3 is 4.90 Å². The fourth-order valence-corrected chi connectivity index (χ4v) is 2.91. The summed E-state index contributed by atoms with van der Waals surface area (Å²) in [5, 5.41) is 3.52. The minimum atomic E-state index is -0.0193. The van der Waals surface area contributed by atoms with Crippen LogP contribution in [0.5, 0.6) is 0 Å². The van der Waals surface area contributed by atoms with E-state index in [0.29, 0.717) is 5.92 Å². The van der Waals surface area contributed by atoms with Gasteiger partial charge in [-0.2, -0.15) is 0 Å². The highest BCUT2D eigenvalue weighted by molar-refractivity contribution is 5.84. The maximum atomic E-state index is 12.5. The van der Waals surface area contributed by atoms with E-state index in [2.05, 4.69) is 50.4 Å². The summed E-state index contributed by atoms with van der Waals surface area (Å²) in [6.07, 6.45) is 3.05. The Bertz CT molecular complexity index is 430. The van der Waals surface area contributed by atoms with Crippen LogP contribution in [0.2, 0.25) is 0 Å². The SMILES string of the molecule is CCCN1C(=O)C(CCc2ccccc2)NC1C(C)C. The Morgan fingerprint density at radius 2 is 1.95 bits per heavy atom. The lowest BCUT2D eigenvalue weighted by Gasteiger charge is -2.26. The molecule has 1 aliphatic rings. The Labute approximate surface area is 122 Å². The van der Waals surface area contributed by atoms with Crippen molar-refractivity contribution in [2.75, 3.05) is 6.54 Å². The second-order valence-corrected chi connectivity index (χ2v) is 5.96. The van der Waals surface area contributed by atoms with Crippen LogP contribution in [0.4, 0.5) is 0 Å². The van der Waals surface area contributed by atoms with Gasteiger partial charge in [0, 0.05) is 6.54 Å². The Balaban J connectivity index is 1.97. The fraction of sp³-hybridized carbons (Fsp3) is 0.588. The molecule has 1 aromatic rings. The van der Waals surface area contributed by atoms with Gasteiger partial charge in [0.25, 0.3) is 0 Å². The van der Waals surface area contributed by atoms with Crippen LogP contribution in [0.1, 0.15) is 39.2 Å². The third-order valence-corrected chi connectivity index (χ3v) is 3.95. The van der Waals surface area contributed by atoms with Crippen LogP contribution in [0.3, 0.4) is 0 Å². The number of carbonyl (C=O) groups is 1. The molecule has 0 aromatic heterocycles. The number of amides is 1. The predicted octanol–water partition coefficient (Wildman–Crippen LogP) is 2.81. The zero-order valence-corrected chi connectivity index (χ0v) is 12.8. The number of aryl methyl sites for hydroxylation is 1. The number of nitrogens with zero attached hydrogens (tertiary/aromatic N) is 1. The van der Waals surface area contributed by atoms with Crippen LogP contribution < -0.4 is 5.32 Å². The normalized spacial score (nSPS) is 22.8. The Kier molecular flexibility index (Phi) is 5.18. The summed E-state index contributed by atoms with van der Waals surface area (Å²) in [4.78, 5) is 14.5. The molecule has 1 N–H and O–H groups in total. The predicted molar refractivity (Wildman–Crippen MR) is 82.3 cm³/mol. The van der Waals surface area contributed by atoms with E-state index < -0.39 is 0 Å². The molecule has 2 atom stereocenters. The molecule has 1 fully saturated rings. The van der Waals surface area contributed by atoms with Gasteiger partial charge in [-0.1, -0.05) is 51.1 Å². The van der Waals surface area contributed by atoms with Crippen molar-refractivity contribution in [2.45, 2.75) is 52.2 Å². The average molecular weight is 274 g/mol. The Hall–Kier alpha value is -1.35. The molecule has 2 unspecified atom stereocenters. The van der Waals surface area contributed by atoms with Crippen LogP contribution in [0, 0.1) is 5.92 Å². The molecule has 0 spiro atoms. The van der Waals surface area contributed by atoms with E-state index >= 15 is 0 Å². The molecule has 0 saturated carbocycles. The van der Waals surface area contributed by atoms with Crippen molar-refractivity contribution in [2.24, 2.45) is 5.92 Å².